The lowest BCUT2D eigenvalue weighted by molar-refractivity contribution is 0.130. The van der Waals surface area contributed by atoms with Crippen LogP contribution in [-0.2, 0) is 20.1 Å². The van der Waals surface area contributed by atoms with Crippen molar-refractivity contribution in [3.8, 4) is 5.88 Å². The molecule has 146 valence electrons. The largest absolute Gasteiger partial charge is 0.474 e. The summed E-state index contributed by atoms with van der Waals surface area (Å²) in [5.41, 5.74) is 1.98. The minimum Gasteiger partial charge on any atom is -0.474 e. The second-order valence-electron chi connectivity index (χ2n) is 7.54. The Morgan fingerprint density at radius 1 is 1.33 bits per heavy atom. The van der Waals surface area contributed by atoms with E-state index in [1.807, 2.05) is 25.4 Å². The maximum absolute atomic E-state index is 12.3. The Balaban J connectivity index is 1.48. The number of urea groups is 1. The molecule has 1 aliphatic carbocycles. The fourth-order valence-electron chi connectivity index (χ4n) is 3.35. The molecule has 1 N–H and O–H groups in total. The molecule has 27 heavy (non-hydrogen) atoms. The van der Waals surface area contributed by atoms with Gasteiger partial charge in [0.2, 0.25) is 5.88 Å². The molecule has 2 aromatic heterocycles. The number of carbonyl (C=O) groups is 1. The van der Waals surface area contributed by atoms with Crippen LogP contribution in [0.15, 0.2) is 30.7 Å². The number of nitrogens with zero attached hydrogens (tertiary/aromatic N) is 4. The van der Waals surface area contributed by atoms with Crippen molar-refractivity contribution in [2.24, 2.45) is 13.0 Å². The predicted octanol–water partition coefficient (Wildman–Crippen LogP) is 3.11. The molecule has 7 nitrogen and oxygen atoms in total. The molecule has 0 aromatic carbocycles. The molecule has 0 saturated heterocycles. The van der Waals surface area contributed by atoms with E-state index in [1.54, 1.807) is 29.0 Å². The molecule has 2 aromatic rings. The van der Waals surface area contributed by atoms with E-state index >= 15 is 0 Å². The van der Waals surface area contributed by atoms with E-state index in [-0.39, 0.29) is 12.1 Å². The zero-order valence-corrected chi connectivity index (χ0v) is 16.4. The molecule has 0 aliphatic heterocycles. The molecule has 0 radical (unpaired) electrons. The Bertz CT molecular complexity index is 752. The van der Waals surface area contributed by atoms with Gasteiger partial charge in [0.1, 0.15) is 6.10 Å². The van der Waals surface area contributed by atoms with Crippen molar-refractivity contribution in [3.63, 3.8) is 0 Å². The second-order valence-corrected chi connectivity index (χ2v) is 7.54. The van der Waals surface area contributed by atoms with E-state index < -0.39 is 0 Å². The average molecular weight is 371 g/mol. The van der Waals surface area contributed by atoms with Gasteiger partial charge in [-0.3, -0.25) is 4.68 Å². The van der Waals surface area contributed by atoms with Gasteiger partial charge in [0.05, 0.1) is 12.7 Å². The van der Waals surface area contributed by atoms with Gasteiger partial charge in [0.15, 0.2) is 0 Å². The summed E-state index contributed by atoms with van der Waals surface area (Å²) in [5, 5.41) is 7.06. The summed E-state index contributed by atoms with van der Waals surface area (Å²) >= 11 is 0. The first-order valence-electron chi connectivity index (χ1n) is 9.57. The Morgan fingerprint density at radius 2 is 2.11 bits per heavy atom. The van der Waals surface area contributed by atoms with Gasteiger partial charge < -0.3 is 15.0 Å². The molecule has 2 amide bonds. The smallest absolute Gasteiger partial charge is 0.317 e. The van der Waals surface area contributed by atoms with E-state index in [2.05, 4.69) is 22.3 Å². The van der Waals surface area contributed by atoms with Gasteiger partial charge in [-0.2, -0.15) is 5.10 Å². The Labute approximate surface area is 160 Å². The number of hydrogen-bond acceptors (Lipinski definition) is 4. The maximum atomic E-state index is 12.3. The Hall–Kier alpha value is -2.57. The molecule has 0 unspecified atom stereocenters. The third-order valence-corrected chi connectivity index (χ3v) is 5.02. The van der Waals surface area contributed by atoms with E-state index in [4.69, 9.17) is 4.74 Å². The predicted molar refractivity (Wildman–Crippen MR) is 103 cm³/mol. The van der Waals surface area contributed by atoms with Crippen molar-refractivity contribution < 1.29 is 9.53 Å². The lowest BCUT2D eigenvalue weighted by Gasteiger charge is -2.26. The van der Waals surface area contributed by atoms with Gasteiger partial charge in [-0.15, -0.1) is 0 Å². The van der Waals surface area contributed by atoms with Gasteiger partial charge in [0, 0.05) is 44.7 Å². The van der Waals surface area contributed by atoms with Crippen molar-refractivity contribution in [1.29, 1.82) is 0 Å². The number of amides is 2. The van der Waals surface area contributed by atoms with Gasteiger partial charge in [0.25, 0.3) is 0 Å². The third kappa shape index (κ3) is 5.70. The van der Waals surface area contributed by atoms with E-state index in [0.717, 1.165) is 29.9 Å². The number of carbonyl (C=O) groups excluding carboxylic acids is 1. The maximum Gasteiger partial charge on any atom is 0.317 e. The quantitative estimate of drug-likeness (QED) is 0.847. The van der Waals surface area contributed by atoms with Crippen molar-refractivity contribution in [2.45, 2.75) is 51.8 Å². The number of nitrogens with one attached hydrogen (secondary N) is 1. The lowest BCUT2D eigenvalue weighted by Crippen LogP contribution is -2.36. The Morgan fingerprint density at radius 3 is 2.81 bits per heavy atom. The van der Waals surface area contributed by atoms with Crippen LogP contribution in [0.2, 0.25) is 0 Å². The topological polar surface area (TPSA) is 72.3 Å². The van der Waals surface area contributed by atoms with Crippen LogP contribution in [0.25, 0.3) is 0 Å². The van der Waals surface area contributed by atoms with Crippen LogP contribution in [0, 0.1) is 5.92 Å². The molecular formula is C20H29N5O2. The number of rotatable bonds is 6. The lowest BCUT2D eigenvalue weighted by atomic mass is 9.89. The van der Waals surface area contributed by atoms with Crippen LogP contribution < -0.4 is 10.1 Å². The van der Waals surface area contributed by atoms with Crippen LogP contribution in [0.4, 0.5) is 4.79 Å². The number of aromatic nitrogens is 3. The number of pyridine rings is 1. The number of hydrogen-bond donors (Lipinski definition) is 1. The van der Waals surface area contributed by atoms with Crippen molar-refractivity contribution in [1.82, 2.24) is 25.0 Å². The summed E-state index contributed by atoms with van der Waals surface area (Å²) < 4.78 is 7.77. The minimum absolute atomic E-state index is 0.126. The highest BCUT2D eigenvalue weighted by atomic mass is 16.5. The summed E-state index contributed by atoms with van der Waals surface area (Å²) in [6.45, 7) is 3.25. The summed E-state index contributed by atoms with van der Waals surface area (Å²) in [4.78, 5) is 18.3. The van der Waals surface area contributed by atoms with E-state index in [0.29, 0.717) is 19.0 Å². The van der Waals surface area contributed by atoms with Crippen molar-refractivity contribution in [3.05, 3.63) is 41.9 Å². The standard InChI is InChI=1S/C20H29N5O2/c1-15-4-6-18(7-5-15)27-19-10-16(8-9-21-19)11-22-20(26)24(2)13-17-12-23-25(3)14-17/h8-10,12,14-15,18H,4-7,11,13H2,1-3H3,(H,22,26). The summed E-state index contributed by atoms with van der Waals surface area (Å²) in [6.07, 6.45) is 10.3. The second kappa shape index (κ2) is 8.88. The third-order valence-electron chi connectivity index (χ3n) is 5.02. The van der Waals surface area contributed by atoms with Crippen molar-refractivity contribution in [2.75, 3.05) is 7.05 Å². The van der Waals surface area contributed by atoms with E-state index in [9.17, 15) is 4.79 Å². The van der Waals surface area contributed by atoms with Gasteiger partial charge in [-0.25, -0.2) is 9.78 Å². The van der Waals surface area contributed by atoms with E-state index in [1.165, 1.54) is 12.8 Å². The fourth-order valence-corrected chi connectivity index (χ4v) is 3.35. The zero-order valence-electron chi connectivity index (χ0n) is 16.4. The first-order valence-corrected chi connectivity index (χ1v) is 9.57. The van der Waals surface area contributed by atoms with Gasteiger partial charge >= 0.3 is 6.03 Å². The normalized spacial score (nSPS) is 19.5. The molecule has 0 spiro atoms. The average Bonchev–Trinajstić information content (AvgIpc) is 3.06. The first kappa shape index (κ1) is 19.2. The van der Waals surface area contributed by atoms with Crippen LogP contribution in [0.5, 0.6) is 5.88 Å². The highest BCUT2D eigenvalue weighted by Crippen LogP contribution is 2.26. The summed E-state index contributed by atoms with van der Waals surface area (Å²) in [5.74, 6) is 1.44. The van der Waals surface area contributed by atoms with Gasteiger partial charge in [-0.05, 0) is 43.2 Å². The molecule has 1 aliphatic rings. The molecule has 2 heterocycles. The minimum atomic E-state index is -0.126. The Kier molecular flexibility index (Phi) is 6.32. The molecule has 1 fully saturated rings. The molecular weight excluding hydrogens is 342 g/mol. The molecule has 0 atom stereocenters. The first-order chi connectivity index (χ1) is 13.0. The zero-order chi connectivity index (χ0) is 19.2. The number of aryl methyl sites for hydroxylation is 1. The van der Waals surface area contributed by atoms with Crippen molar-refractivity contribution >= 4 is 6.03 Å². The summed E-state index contributed by atoms with van der Waals surface area (Å²) in [6, 6.07) is 3.69. The molecule has 1 saturated carbocycles. The monoisotopic (exact) mass is 371 g/mol. The summed E-state index contributed by atoms with van der Waals surface area (Å²) in [7, 11) is 3.63. The SMILES string of the molecule is CC1CCC(Oc2cc(CNC(=O)N(C)Cc3cnn(C)c3)ccn2)CC1. The molecule has 0 bridgehead atoms. The molecule has 7 heteroatoms. The number of ether oxygens (including phenoxy) is 1. The van der Waals surface area contributed by atoms with Crippen LogP contribution in [0.3, 0.4) is 0 Å². The fraction of sp³-hybridized carbons (Fsp3) is 0.550. The highest BCUT2D eigenvalue weighted by molar-refractivity contribution is 5.73. The molecule has 3 rings (SSSR count). The highest BCUT2D eigenvalue weighted by Gasteiger charge is 2.20. The van der Waals surface area contributed by atoms with Crippen LogP contribution in [-0.4, -0.2) is 38.8 Å². The van der Waals surface area contributed by atoms with Crippen LogP contribution in [0.1, 0.15) is 43.7 Å². The van der Waals surface area contributed by atoms with Crippen LogP contribution >= 0.6 is 0 Å². The van der Waals surface area contributed by atoms with Gasteiger partial charge in [-0.1, -0.05) is 6.92 Å².